The van der Waals surface area contributed by atoms with Gasteiger partial charge in [-0.05, 0) is 43.1 Å². The van der Waals surface area contributed by atoms with E-state index >= 15 is 0 Å². The third-order valence-corrected chi connectivity index (χ3v) is 10.4. The first kappa shape index (κ1) is 17.4. The maximum absolute atomic E-state index is 12.5. The maximum atomic E-state index is 12.5. The summed E-state index contributed by atoms with van der Waals surface area (Å²) in [6, 6.07) is 7.09. The largest absolute Gasteiger partial charge is 0.416 e. The van der Waals surface area contributed by atoms with Crippen LogP contribution in [-0.4, -0.2) is 38.2 Å². The van der Waals surface area contributed by atoms with E-state index in [2.05, 4.69) is 33.9 Å². The molecule has 3 rings (SSSR count). The highest BCUT2D eigenvalue weighted by atomic mass is 28.4. The Kier molecular flexibility index (Phi) is 4.00. The Balaban J connectivity index is 1.69. The summed E-state index contributed by atoms with van der Waals surface area (Å²) < 4.78 is 6.37. The van der Waals surface area contributed by atoms with Gasteiger partial charge in [-0.1, -0.05) is 32.9 Å². The molecule has 0 radical (unpaired) electrons. The minimum atomic E-state index is -1.82. The zero-order chi connectivity index (χ0) is 17.8. The zero-order valence-electron chi connectivity index (χ0n) is 15.3. The predicted octanol–water partition coefficient (Wildman–Crippen LogP) is 4.08. The molecule has 0 aromatic heterocycles. The lowest BCUT2D eigenvalue weighted by Gasteiger charge is -2.37. The van der Waals surface area contributed by atoms with Crippen molar-refractivity contribution < 1.29 is 14.0 Å². The van der Waals surface area contributed by atoms with E-state index in [0.29, 0.717) is 24.3 Å². The highest BCUT2D eigenvalue weighted by Crippen LogP contribution is 2.49. The monoisotopic (exact) mass is 345 g/mol. The molecule has 1 saturated carbocycles. The average Bonchev–Trinajstić information content (AvgIpc) is 3.24. The van der Waals surface area contributed by atoms with Crippen LogP contribution in [0.2, 0.25) is 18.1 Å². The van der Waals surface area contributed by atoms with Crippen LogP contribution < -0.4 is 0 Å². The summed E-state index contributed by atoms with van der Waals surface area (Å²) in [5, 5.41) is 0.165. The van der Waals surface area contributed by atoms with Gasteiger partial charge < -0.3 is 4.43 Å². The molecular weight excluding hydrogens is 318 g/mol. The molecule has 1 aromatic rings. The SMILES string of the molecule is CC(C)(C)[Si](C)(C)OCC1(CN2C(=O)c3ccccc3C2=O)CC1. The van der Waals surface area contributed by atoms with Gasteiger partial charge in [-0.25, -0.2) is 0 Å². The first-order valence-electron chi connectivity index (χ1n) is 8.66. The van der Waals surface area contributed by atoms with E-state index in [4.69, 9.17) is 4.43 Å². The first-order valence-corrected chi connectivity index (χ1v) is 11.6. The van der Waals surface area contributed by atoms with Gasteiger partial charge in [0.15, 0.2) is 8.32 Å². The minimum Gasteiger partial charge on any atom is -0.416 e. The lowest BCUT2D eigenvalue weighted by Crippen LogP contribution is -2.44. The number of carbonyl (C=O) groups is 2. The molecule has 0 N–H and O–H groups in total. The number of hydrogen-bond donors (Lipinski definition) is 0. The molecule has 1 aliphatic heterocycles. The first-order chi connectivity index (χ1) is 11.1. The summed E-state index contributed by atoms with van der Waals surface area (Å²) in [6.07, 6.45) is 2.05. The number of carbonyl (C=O) groups excluding carboxylic acids is 2. The number of amides is 2. The summed E-state index contributed by atoms with van der Waals surface area (Å²) >= 11 is 0. The molecule has 24 heavy (non-hydrogen) atoms. The molecule has 4 nitrogen and oxygen atoms in total. The molecular formula is C19H27NO3Si. The third kappa shape index (κ3) is 2.95. The van der Waals surface area contributed by atoms with Crippen LogP contribution in [-0.2, 0) is 4.43 Å². The summed E-state index contributed by atoms with van der Waals surface area (Å²) in [5.41, 5.74) is 1.02. The molecule has 2 amide bonds. The van der Waals surface area contributed by atoms with E-state index in [1.807, 2.05) is 0 Å². The highest BCUT2D eigenvalue weighted by Gasteiger charge is 2.50. The van der Waals surface area contributed by atoms with E-state index in [-0.39, 0.29) is 22.3 Å². The lowest BCUT2D eigenvalue weighted by molar-refractivity contribution is 0.0594. The fraction of sp³-hybridized carbons (Fsp3) is 0.579. The molecule has 0 spiro atoms. The fourth-order valence-electron chi connectivity index (χ4n) is 2.79. The maximum Gasteiger partial charge on any atom is 0.261 e. The van der Waals surface area contributed by atoms with Gasteiger partial charge >= 0.3 is 0 Å². The van der Waals surface area contributed by atoms with Crippen LogP contribution in [0.5, 0.6) is 0 Å². The van der Waals surface area contributed by atoms with Gasteiger partial charge in [0.05, 0.1) is 11.1 Å². The van der Waals surface area contributed by atoms with Gasteiger partial charge in [-0.3, -0.25) is 14.5 Å². The van der Waals surface area contributed by atoms with Crippen molar-refractivity contribution in [3.63, 3.8) is 0 Å². The van der Waals surface area contributed by atoms with Crippen molar-refractivity contribution >= 4 is 20.1 Å². The molecule has 2 aliphatic rings. The van der Waals surface area contributed by atoms with Crippen LogP contribution in [0.1, 0.15) is 54.3 Å². The molecule has 130 valence electrons. The van der Waals surface area contributed by atoms with Crippen LogP contribution in [0, 0.1) is 5.41 Å². The summed E-state index contributed by atoms with van der Waals surface area (Å²) in [5.74, 6) is -0.316. The molecule has 0 atom stereocenters. The molecule has 5 heteroatoms. The van der Waals surface area contributed by atoms with Crippen molar-refractivity contribution in [2.45, 2.75) is 51.7 Å². The Morgan fingerprint density at radius 3 is 2.00 bits per heavy atom. The predicted molar refractivity (Wildman–Crippen MR) is 96.6 cm³/mol. The molecule has 0 bridgehead atoms. The van der Waals surface area contributed by atoms with E-state index in [1.165, 1.54) is 4.90 Å². The molecule has 0 unspecified atom stereocenters. The van der Waals surface area contributed by atoms with Gasteiger partial charge in [0, 0.05) is 18.6 Å². The molecule has 0 saturated heterocycles. The second kappa shape index (κ2) is 5.53. The Hall–Kier alpha value is -1.46. The molecule has 1 aromatic carbocycles. The minimum absolute atomic E-state index is 0.0388. The quantitative estimate of drug-likeness (QED) is 0.596. The number of hydrogen-bond acceptors (Lipinski definition) is 3. The van der Waals surface area contributed by atoms with Crippen LogP contribution >= 0.6 is 0 Å². The zero-order valence-corrected chi connectivity index (χ0v) is 16.3. The Labute approximate surface area is 145 Å². The van der Waals surface area contributed by atoms with E-state index in [9.17, 15) is 9.59 Å². The molecule has 1 fully saturated rings. The normalized spacial score (nSPS) is 19.6. The molecule has 1 heterocycles. The van der Waals surface area contributed by atoms with E-state index in [1.54, 1.807) is 24.3 Å². The van der Waals surface area contributed by atoms with Crippen molar-refractivity contribution in [1.29, 1.82) is 0 Å². The van der Waals surface area contributed by atoms with Crippen LogP contribution in [0.25, 0.3) is 0 Å². The average molecular weight is 346 g/mol. The van der Waals surface area contributed by atoms with Crippen molar-refractivity contribution in [2.24, 2.45) is 5.41 Å². The number of fused-ring (bicyclic) bond motifs is 1. The Morgan fingerprint density at radius 2 is 1.58 bits per heavy atom. The van der Waals surface area contributed by atoms with E-state index < -0.39 is 8.32 Å². The summed E-state index contributed by atoms with van der Waals surface area (Å²) in [6.45, 7) is 12.3. The molecule has 1 aliphatic carbocycles. The van der Waals surface area contributed by atoms with Gasteiger partial charge in [0.2, 0.25) is 0 Å². The van der Waals surface area contributed by atoms with Crippen LogP contribution in [0.15, 0.2) is 24.3 Å². The number of imide groups is 1. The number of rotatable bonds is 5. The second-order valence-electron chi connectivity index (χ2n) is 8.79. The van der Waals surface area contributed by atoms with Crippen molar-refractivity contribution in [3.8, 4) is 0 Å². The van der Waals surface area contributed by atoms with E-state index in [0.717, 1.165) is 12.8 Å². The van der Waals surface area contributed by atoms with Crippen molar-refractivity contribution in [3.05, 3.63) is 35.4 Å². The van der Waals surface area contributed by atoms with Gasteiger partial charge in [-0.2, -0.15) is 0 Å². The van der Waals surface area contributed by atoms with Crippen molar-refractivity contribution in [2.75, 3.05) is 13.2 Å². The lowest BCUT2D eigenvalue weighted by atomic mass is 10.1. The highest BCUT2D eigenvalue weighted by molar-refractivity contribution is 6.74. The van der Waals surface area contributed by atoms with Gasteiger partial charge in [0.1, 0.15) is 0 Å². The summed E-state index contributed by atoms with van der Waals surface area (Å²) in [7, 11) is -1.82. The standard InChI is InChI=1S/C19H27NO3Si/c1-18(2,3)24(4,5)23-13-19(10-11-19)12-20-16(21)14-8-6-7-9-15(14)17(20)22/h6-9H,10-13H2,1-5H3. The number of benzene rings is 1. The van der Waals surface area contributed by atoms with Crippen LogP contribution in [0.4, 0.5) is 0 Å². The summed E-state index contributed by atoms with van der Waals surface area (Å²) in [4.78, 5) is 26.5. The van der Waals surface area contributed by atoms with Crippen molar-refractivity contribution in [1.82, 2.24) is 4.90 Å². The van der Waals surface area contributed by atoms with Crippen LogP contribution in [0.3, 0.4) is 0 Å². The third-order valence-electron chi connectivity index (χ3n) is 5.87. The fourth-order valence-corrected chi connectivity index (χ4v) is 3.89. The number of nitrogens with zero attached hydrogens (tertiary/aromatic N) is 1. The van der Waals surface area contributed by atoms with Gasteiger partial charge in [-0.15, -0.1) is 0 Å². The second-order valence-corrected chi connectivity index (χ2v) is 13.6. The topological polar surface area (TPSA) is 46.6 Å². The van der Waals surface area contributed by atoms with Gasteiger partial charge in [0.25, 0.3) is 11.8 Å². The smallest absolute Gasteiger partial charge is 0.261 e. The Bertz CT molecular complexity index is 651. The Morgan fingerprint density at radius 1 is 1.08 bits per heavy atom.